The van der Waals surface area contributed by atoms with Gasteiger partial charge < -0.3 is 14.8 Å². The van der Waals surface area contributed by atoms with Crippen molar-refractivity contribution >= 4 is 21.6 Å². The van der Waals surface area contributed by atoms with Crippen molar-refractivity contribution in [3.05, 3.63) is 28.2 Å². The Morgan fingerprint density at radius 2 is 2.41 bits per heavy atom. The third kappa shape index (κ3) is 3.44. The molecule has 4 heteroatoms. The topological polar surface area (TPSA) is 30.5 Å². The molecule has 1 heterocycles. The van der Waals surface area contributed by atoms with Crippen molar-refractivity contribution in [1.29, 1.82) is 0 Å². The number of hydrogen-bond donors (Lipinski definition) is 1. The van der Waals surface area contributed by atoms with Crippen LogP contribution in [0.4, 0.5) is 5.69 Å². The van der Waals surface area contributed by atoms with Crippen molar-refractivity contribution in [2.75, 3.05) is 25.6 Å². The summed E-state index contributed by atoms with van der Waals surface area (Å²) in [5.74, 6) is 0. The van der Waals surface area contributed by atoms with Gasteiger partial charge in [0, 0.05) is 36.0 Å². The van der Waals surface area contributed by atoms with Gasteiger partial charge in [-0.25, -0.2) is 0 Å². The number of nitrogens with one attached hydrogen (secondary N) is 1. The maximum atomic E-state index is 5.60. The fourth-order valence-corrected chi connectivity index (χ4v) is 2.53. The molecule has 0 saturated carbocycles. The monoisotopic (exact) mass is 299 g/mol. The van der Waals surface area contributed by atoms with Crippen LogP contribution in [0.25, 0.3) is 0 Å². The van der Waals surface area contributed by atoms with Gasteiger partial charge in [-0.15, -0.1) is 0 Å². The largest absolute Gasteiger partial charge is 0.382 e. The van der Waals surface area contributed by atoms with Crippen LogP contribution in [0.5, 0.6) is 0 Å². The number of methoxy groups -OCH3 is 1. The third-order valence-corrected chi connectivity index (χ3v) is 3.69. The smallest absolute Gasteiger partial charge is 0.0748 e. The number of ether oxygens (including phenoxy) is 2. The molecule has 1 atom stereocenters. The van der Waals surface area contributed by atoms with E-state index in [4.69, 9.17) is 9.47 Å². The van der Waals surface area contributed by atoms with Crippen LogP contribution in [0.3, 0.4) is 0 Å². The minimum absolute atomic E-state index is 0.351. The summed E-state index contributed by atoms with van der Waals surface area (Å²) < 4.78 is 11.9. The van der Waals surface area contributed by atoms with Crippen LogP contribution >= 0.6 is 15.9 Å². The Kier molecular flexibility index (Phi) is 4.83. The van der Waals surface area contributed by atoms with Gasteiger partial charge in [0.1, 0.15) is 0 Å². The summed E-state index contributed by atoms with van der Waals surface area (Å²) in [7, 11) is 1.71. The van der Waals surface area contributed by atoms with E-state index in [0.717, 1.165) is 35.3 Å². The normalized spacial score (nSPS) is 19.5. The Morgan fingerprint density at radius 3 is 3.12 bits per heavy atom. The molecule has 1 unspecified atom stereocenters. The van der Waals surface area contributed by atoms with E-state index in [2.05, 4.69) is 27.3 Å². The summed E-state index contributed by atoms with van der Waals surface area (Å²) in [5.41, 5.74) is 2.28. The van der Waals surface area contributed by atoms with Crippen molar-refractivity contribution < 1.29 is 9.47 Å². The zero-order valence-electron chi connectivity index (χ0n) is 10.0. The molecule has 0 amide bonds. The predicted molar refractivity (Wildman–Crippen MR) is 72.3 cm³/mol. The molecule has 3 nitrogen and oxygen atoms in total. The van der Waals surface area contributed by atoms with Crippen LogP contribution in [0.15, 0.2) is 22.7 Å². The van der Waals surface area contributed by atoms with Crippen molar-refractivity contribution in [2.45, 2.75) is 25.6 Å². The van der Waals surface area contributed by atoms with Crippen molar-refractivity contribution in [2.24, 2.45) is 0 Å². The number of anilines is 1. The van der Waals surface area contributed by atoms with E-state index in [1.165, 1.54) is 6.42 Å². The lowest BCUT2D eigenvalue weighted by Crippen LogP contribution is -2.19. The van der Waals surface area contributed by atoms with Crippen LogP contribution in [0, 0.1) is 0 Å². The Bertz CT molecular complexity index is 364. The number of benzene rings is 1. The Morgan fingerprint density at radius 1 is 1.53 bits per heavy atom. The van der Waals surface area contributed by atoms with Crippen LogP contribution in [-0.4, -0.2) is 26.4 Å². The van der Waals surface area contributed by atoms with E-state index in [1.807, 2.05) is 12.1 Å². The molecule has 1 aliphatic rings. The molecule has 1 aliphatic heterocycles. The van der Waals surface area contributed by atoms with E-state index in [1.54, 1.807) is 7.11 Å². The molecule has 1 aromatic rings. The summed E-state index contributed by atoms with van der Waals surface area (Å²) in [6.45, 7) is 2.37. The van der Waals surface area contributed by atoms with Gasteiger partial charge in [-0.1, -0.05) is 22.0 Å². The Labute approximate surface area is 111 Å². The standard InChI is InChI=1S/C13H18BrNO2/c1-16-9-11-12(14)5-2-6-13(11)15-8-10-4-3-7-17-10/h2,5-6,10,15H,3-4,7-9H2,1H3. The van der Waals surface area contributed by atoms with Crippen molar-refractivity contribution in [3.8, 4) is 0 Å². The molecule has 0 spiro atoms. The molecule has 0 radical (unpaired) electrons. The van der Waals surface area contributed by atoms with Gasteiger partial charge in [0.2, 0.25) is 0 Å². The van der Waals surface area contributed by atoms with E-state index in [-0.39, 0.29) is 0 Å². The lowest BCUT2D eigenvalue weighted by molar-refractivity contribution is 0.120. The Hall–Kier alpha value is -0.580. The lowest BCUT2D eigenvalue weighted by atomic mass is 10.1. The van der Waals surface area contributed by atoms with Gasteiger partial charge in [0.05, 0.1) is 12.7 Å². The predicted octanol–water partition coefficient (Wildman–Crippen LogP) is 3.19. The molecule has 0 bridgehead atoms. The summed E-state index contributed by atoms with van der Waals surface area (Å²) in [6, 6.07) is 6.14. The molecule has 0 aromatic heterocycles. The van der Waals surface area contributed by atoms with Crippen molar-refractivity contribution in [3.63, 3.8) is 0 Å². The quantitative estimate of drug-likeness (QED) is 0.906. The number of hydrogen-bond acceptors (Lipinski definition) is 3. The molecule has 94 valence electrons. The zero-order valence-corrected chi connectivity index (χ0v) is 11.6. The third-order valence-electron chi connectivity index (χ3n) is 2.95. The highest BCUT2D eigenvalue weighted by Crippen LogP contribution is 2.26. The highest BCUT2D eigenvalue weighted by Gasteiger charge is 2.15. The summed E-state index contributed by atoms with van der Waals surface area (Å²) >= 11 is 3.55. The number of rotatable bonds is 5. The van der Waals surface area contributed by atoms with Crippen LogP contribution in [0.1, 0.15) is 18.4 Å². The fraction of sp³-hybridized carbons (Fsp3) is 0.538. The molecule has 1 N–H and O–H groups in total. The second kappa shape index (κ2) is 6.38. The summed E-state index contributed by atoms with van der Waals surface area (Å²) in [4.78, 5) is 0. The van der Waals surface area contributed by atoms with Gasteiger partial charge in [0.25, 0.3) is 0 Å². The first kappa shape index (κ1) is 12.9. The molecule has 1 fully saturated rings. The Balaban J connectivity index is 2.00. The van der Waals surface area contributed by atoms with Gasteiger partial charge in [-0.05, 0) is 25.0 Å². The first-order valence-corrected chi connectivity index (χ1v) is 6.72. The summed E-state index contributed by atoms with van der Waals surface area (Å²) in [6.07, 6.45) is 2.68. The van der Waals surface area contributed by atoms with Gasteiger partial charge >= 0.3 is 0 Å². The van der Waals surface area contributed by atoms with Crippen molar-refractivity contribution in [1.82, 2.24) is 0 Å². The second-order valence-corrected chi connectivity index (χ2v) is 5.07. The van der Waals surface area contributed by atoms with Crippen LogP contribution < -0.4 is 5.32 Å². The first-order valence-electron chi connectivity index (χ1n) is 5.93. The molecular formula is C13H18BrNO2. The minimum Gasteiger partial charge on any atom is -0.382 e. The lowest BCUT2D eigenvalue weighted by Gasteiger charge is -2.16. The highest BCUT2D eigenvalue weighted by molar-refractivity contribution is 9.10. The average Bonchev–Trinajstić information content (AvgIpc) is 2.83. The van der Waals surface area contributed by atoms with Crippen LogP contribution in [-0.2, 0) is 16.1 Å². The van der Waals surface area contributed by atoms with E-state index < -0.39 is 0 Å². The van der Waals surface area contributed by atoms with E-state index in [0.29, 0.717) is 12.7 Å². The molecule has 2 rings (SSSR count). The minimum atomic E-state index is 0.351. The van der Waals surface area contributed by atoms with Crippen LogP contribution in [0.2, 0.25) is 0 Å². The van der Waals surface area contributed by atoms with Gasteiger partial charge in [-0.3, -0.25) is 0 Å². The maximum absolute atomic E-state index is 5.60. The highest BCUT2D eigenvalue weighted by atomic mass is 79.9. The fourth-order valence-electron chi connectivity index (χ4n) is 2.04. The summed E-state index contributed by atoms with van der Waals surface area (Å²) in [5, 5.41) is 3.45. The average molecular weight is 300 g/mol. The van der Waals surface area contributed by atoms with Gasteiger partial charge in [0.15, 0.2) is 0 Å². The molecule has 1 aromatic carbocycles. The maximum Gasteiger partial charge on any atom is 0.0748 e. The van der Waals surface area contributed by atoms with Gasteiger partial charge in [-0.2, -0.15) is 0 Å². The molecule has 17 heavy (non-hydrogen) atoms. The number of halogens is 1. The molecule has 0 aliphatic carbocycles. The second-order valence-electron chi connectivity index (χ2n) is 4.21. The SMILES string of the molecule is COCc1c(Br)cccc1NCC1CCCO1. The van der Waals surface area contributed by atoms with E-state index >= 15 is 0 Å². The molecule has 1 saturated heterocycles. The molecular weight excluding hydrogens is 282 g/mol. The zero-order chi connectivity index (χ0) is 12.1. The first-order chi connectivity index (χ1) is 8.31. The van der Waals surface area contributed by atoms with E-state index in [9.17, 15) is 0 Å².